The molecule has 21 heavy (non-hydrogen) atoms. The van der Waals surface area contributed by atoms with Crippen molar-refractivity contribution < 1.29 is 0 Å². The molecule has 0 saturated carbocycles. The van der Waals surface area contributed by atoms with Gasteiger partial charge in [-0.2, -0.15) is 0 Å². The number of nitrogens with two attached hydrogens (primary N) is 1. The highest BCUT2D eigenvalue weighted by molar-refractivity contribution is 5.97. The van der Waals surface area contributed by atoms with Gasteiger partial charge in [0.2, 0.25) is 0 Å². The number of aryl methyl sites for hydroxylation is 1. The molecule has 0 radical (unpaired) electrons. The van der Waals surface area contributed by atoms with E-state index >= 15 is 0 Å². The van der Waals surface area contributed by atoms with Crippen LogP contribution in [0.1, 0.15) is 50.9 Å². The molecule has 0 saturated heterocycles. The normalized spacial score (nSPS) is 11.0. The summed E-state index contributed by atoms with van der Waals surface area (Å²) < 4.78 is 0. The molecule has 0 bridgehead atoms. The number of nitrogen functional groups attached to an aromatic ring is 1. The zero-order valence-corrected chi connectivity index (χ0v) is 14.0. The van der Waals surface area contributed by atoms with E-state index in [1.807, 2.05) is 13.0 Å². The lowest BCUT2D eigenvalue weighted by atomic mass is 10.0. The number of rotatable bonds is 3. The van der Waals surface area contributed by atoms with Crippen molar-refractivity contribution in [3.8, 4) is 0 Å². The second-order valence-electron chi connectivity index (χ2n) is 5.94. The molecule has 2 nitrogen and oxygen atoms in total. The van der Waals surface area contributed by atoms with Crippen molar-refractivity contribution in [2.75, 3.05) is 5.73 Å². The van der Waals surface area contributed by atoms with Crippen LogP contribution < -0.4 is 5.73 Å². The fourth-order valence-corrected chi connectivity index (χ4v) is 2.07. The summed E-state index contributed by atoms with van der Waals surface area (Å²) in [4.78, 5) is 3.17. The van der Waals surface area contributed by atoms with Crippen molar-refractivity contribution >= 4 is 28.7 Å². The molecule has 0 spiro atoms. The highest BCUT2D eigenvalue weighted by Crippen LogP contribution is 2.29. The van der Waals surface area contributed by atoms with Gasteiger partial charge in [0.25, 0.3) is 0 Å². The van der Waals surface area contributed by atoms with Gasteiger partial charge in [-0.3, -0.25) is 0 Å². The number of allylic oxidation sites excluding steroid dienone is 1. The first-order valence-electron chi connectivity index (χ1n) is 7.61. The Hall–Kier alpha value is -1.96. The van der Waals surface area contributed by atoms with Gasteiger partial charge < -0.3 is 10.7 Å². The van der Waals surface area contributed by atoms with E-state index in [-0.39, 0.29) is 0 Å². The quantitative estimate of drug-likeness (QED) is 0.736. The highest BCUT2D eigenvalue weighted by Gasteiger charge is 2.07. The number of anilines is 1. The molecule has 3 N–H and O–H groups in total. The standard InChI is InChI=1S/C15H18N2.C4H10/c1-4-6-7-12-9-13-10(3)17-15(16)14(13)8-11(12)5-2;1-4(2)3/h5-9,17H,2,4,16H2,1,3H3;4H,1-3H3/b7-6-;. The van der Waals surface area contributed by atoms with Crippen LogP contribution in [0.2, 0.25) is 0 Å². The third-order valence-corrected chi connectivity index (χ3v) is 2.99. The molecule has 114 valence electrons. The zero-order valence-electron chi connectivity index (χ0n) is 14.0. The lowest BCUT2D eigenvalue weighted by Crippen LogP contribution is -1.85. The molecule has 0 fully saturated rings. The highest BCUT2D eigenvalue weighted by atomic mass is 14.9. The summed E-state index contributed by atoms with van der Waals surface area (Å²) in [5.74, 6) is 1.56. The first-order valence-corrected chi connectivity index (χ1v) is 7.61. The Kier molecular flexibility index (Phi) is 6.29. The van der Waals surface area contributed by atoms with E-state index < -0.39 is 0 Å². The second-order valence-corrected chi connectivity index (χ2v) is 5.94. The van der Waals surface area contributed by atoms with Crippen LogP contribution in [-0.2, 0) is 0 Å². The summed E-state index contributed by atoms with van der Waals surface area (Å²) in [5, 5.41) is 2.26. The molecule has 1 aromatic heterocycles. The van der Waals surface area contributed by atoms with Crippen LogP contribution in [0.15, 0.2) is 24.8 Å². The van der Waals surface area contributed by atoms with Crippen LogP contribution in [0.3, 0.4) is 0 Å². The van der Waals surface area contributed by atoms with Crippen LogP contribution in [0, 0.1) is 12.8 Å². The molecule has 0 aliphatic rings. The van der Waals surface area contributed by atoms with Gasteiger partial charge in [0.15, 0.2) is 0 Å². The maximum absolute atomic E-state index is 5.94. The van der Waals surface area contributed by atoms with E-state index in [1.165, 1.54) is 10.9 Å². The Balaban J connectivity index is 0.000000491. The van der Waals surface area contributed by atoms with Crippen molar-refractivity contribution in [3.05, 3.63) is 41.6 Å². The fourth-order valence-electron chi connectivity index (χ4n) is 2.07. The minimum Gasteiger partial charge on any atom is -0.385 e. The van der Waals surface area contributed by atoms with Gasteiger partial charge in [-0.1, -0.05) is 52.5 Å². The zero-order chi connectivity index (χ0) is 16.0. The van der Waals surface area contributed by atoms with E-state index in [1.54, 1.807) is 0 Å². The molecule has 2 heteroatoms. The van der Waals surface area contributed by atoms with Crippen LogP contribution >= 0.6 is 0 Å². The third-order valence-electron chi connectivity index (χ3n) is 2.99. The summed E-state index contributed by atoms with van der Waals surface area (Å²) in [6.07, 6.45) is 7.19. The van der Waals surface area contributed by atoms with Crippen molar-refractivity contribution in [2.24, 2.45) is 5.92 Å². The van der Waals surface area contributed by atoms with Gasteiger partial charge in [-0.25, -0.2) is 0 Å². The van der Waals surface area contributed by atoms with Crippen molar-refractivity contribution in [1.29, 1.82) is 0 Å². The molecule has 0 aliphatic heterocycles. The SMILES string of the molecule is C=Cc1cc2c(N)[nH]c(C)c2cc1/C=C\CC.CC(C)C. The van der Waals surface area contributed by atoms with Gasteiger partial charge in [0.05, 0.1) is 0 Å². The summed E-state index contributed by atoms with van der Waals surface area (Å²) >= 11 is 0. The van der Waals surface area contributed by atoms with E-state index in [0.29, 0.717) is 0 Å². The fraction of sp³-hybridized carbons (Fsp3) is 0.368. The number of hydrogen-bond acceptors (Lipinski definition) is 1. The van der Waals surface area contributed by atoms with Crippen LogP contribution in [0.25, 0.3) is 22.9 Å². The average molecular weight is 284 g/mol. The summed E-state index contributed by atoms with van der Waals surface area (Å²) in [6.45, 7) is 14.5. The minimum absolute atomic E-state index is 0.728. The molecule has 0 aliphatic carbocycles. The molecule has 0 amide bonds. The predicted molar refractivity (Wildman–Crippen MR) is 97.4 cm³/mol. The van der Waals surface area contributed by atoms with E-state index in [2.05, 4.69) is 63.5 Å². The minimum atomic E-state index is 0.728. The summed E-state index contributed by atoms with van der Waals surface area (Å²) in [5.41, 5.74) is 9.36. The molecule has 2 rings (SSSR count). The monoisotopic (exact) mass is 284 g/mol. The third kappa shape index (κ3) is 4.52. The van der Waals surface area contributed by atoms with E-state index in [0.717, 1.165) is 34.8 Å². The number of aromatic amines is 1. The summed E-state index contributed by atoms with van der Waals surface area (Å²) in [7, 11) is 0. The molecule has 1 aromatic carbocycles. The maximum Gasteiger partial charge on any atom is 0.108 e. The molecular weight excluding hydrogens is 256 g/mol. The number of nitrogens with one attached hydrogen (secondary N) is 1. The Labute approximate surface area is 128 Å². The predicted octanol–water partition coefficient (Wildman–Crippen LogP) is 5.79. The second kappa shape index (κ2) is 7.72. The van der Waals surface area contributed by atoms with Crippen LogP contribution in [-0.4, -0.2) is 4.98 Å². The number of aromatic nitrogens is 1. The molecule has 1 heterocycles. The van der Waals surface area contributed by atoms with Gasteiger partial charge >= 0.3 is 0 Å². The largest absolute Gasteiger partial charge is 0.385 e. The number of H-pyrrole nitrogens is 1. The Morgan fingerprint density at radius 3 is 2.29 bits per heavy atom. The van der Waals surface area contributed by atoms with Gasteiger partial charge in [-0.15, -0.1) is 0 Å². The average Bonchev–Trinajstić information content (AvgIpc) is 2.69. The molecule has 0 unspecified atom stereocenters. The van der Waals surface area contributed by atoms with Crippen LogP contribution in [0.4, 0.5) is 5.82 Å². The number of hydrogen-bond donors (Lipinski definition) is 2. The summed E-state index contributed by atoms with van der Waals surface area (Å²) in [6, 6.07) is 4.26. The van der Waals surface area contributed by atoms with Crippen molar-refractivity contribution in [2.45, 2.75) is 41.0 Å². The van der Waals surface area contributed by atoms with E-state index in [4.69, 9.17) is 5.73 Å². The molecule has 2 aromatic rings. The first kappa shape index (κ1) is 17.1. The Bertz CT molecular complexity index is 628. The lowest BCUT2D eigenvalue weighted by Gasteiger charge is -2.03. The van der Waals surface area contributed by atoms with Gasteiger partial charge in [-0.05, 0) is 42.5 Å². The Morgan fingerprint density at radius 1 is 1.19 bits per heavy atom. The van der Waals surface area contributed by atoms with Crippen molar-refractivity contribution in [3.63, 3.8) is 0 Å². The number of fused-ring (bicyclic) bond motifs is 1. The maximum atomic E-state index is 5.94. The van der Waals surface area contributed by atoms with Gasteiger partial charge in [0.1, 0.15) is 5.82 Å². The van der Waals surface area contributed by atoms with E-state index in [9.17, 15) is 0 Å². The molecular formula is C19H28N2. The van der Waals surface area contributed by atoms with Crippen molar-refractivity contribution in [1.82, 2.24) is 4.98 Å². The topological polar surface area (TPSA) is 41.8 Å². The molecule has 0 atom stereocenters. The van der Waals surface area contributed by atoms with Gasteiger partial charge in [0, 0.05) is 16.5 Å². The lowest BCUT2D eigenvalue weighted by molar-refractivity contribution is 0.737. The first-order chi connectivity index (χ1) is 9.90. The van der Waals surface area contributed by atoms with Crippen LogP contribution in [0.5, 0.6) is 0 Å². The number of benzene rings is 1. The Morgan fingerprint density at radius 2 is 1.76 bits per heavy atom. The smallest absolute Gasteiger partial charge is 0.108 e.